The molecular formula is C11H13ClO3S. The van der Waals surface area contributed by atoms with Crippen LogP contribution in [0.5, 0.6) is 0 Å². The van der Waals surface area contributed by atoms with Crippen molar-refractivity contribution in [1.82, 2.24) is 0 Å². The molecule has 1 N–H and O–H groups in total. The normalized spacial score (nSPS) is 10.2. The van der Waals surface area contributed by atoms with E-state index in [0.29, 0.717) is 11.6 Å². The predicted octanol–water partition coefficient (Wildman–Crippen LogP) is 2.49. The number of ether oxygens (including phenoxy) is 1. The van der Waals surface area contributed by atoms with Crippen LogP contribution in [0.25, 0.3) is 0 Å². The number of aliphatic hydroxyl groups is 1. The third-order valence-corrected chi connectivity index (χ3v) is 3.44. The number of thioether (sulfide) groups is 1. The summed E-state index contributed by atoms with van der Waals surface area (Å²) in [6, 6.07) is 5.27. The van der Waals surface area contributed by atoms with E-state index in [4.69, 9.17) is 21.4 Å². The Hall–Kier alpha value is -0.710. The Balaban J connectivity index is 2.69. The zero-order valence-corrected chi connectivity index (χ0v) is 10.5. The molecule has 1 rings (SSSR count). The van der Waals surface area contributed by atoms with Gasteiger partial charge in [0.2, 0.25) is 0 Å². The number of carbonyl (C=O) groups excluding carboxylic acids is 1. The van der Waals surface area contributed by atoms with Gasteiger partial charge in [0, 0.05) is 4.90 Å². The van der Waals surface area contributed by atoms with E-state index in [1.165, 1.54) is 11.8 Å². The molecule has 0 aliphatic heterocycles. The Kier molecular flexibility index (Phi) is 5.66. The molecule has 0 aliphatic rings. The van der Waals surface area contributed by atoms with Crippen molar-refractivity contribution in [2.75, 3.05) is 12.4 Å². The molecule has 3 nitrogen and oxygen atoms in total. The average molecular weight is 261 g/mol. The third-order valence-electron chi connectivity index (χ3n) is 1.86. The molecule has 16 heavy (non-hydrogen) atoms. The predicted molar refractivity (Wildman–Crippen MR) is 64.7 cm³/mol. The van der Waals surface area contributed by atoms with Gasteiger partial charge in [0.1, 0.15) is 0 Å². The van der Waals surface area contributed by atoms with Gasteiger partial charge >= 0.3 is 5.97 Å². The van der Waals surface area contributed by atoms with Gasteiger partial charge in [0.25, 0.3) is 0 Å². The van der Waals surface area contributed by atoms with Crippen LogP contribution in [0, 0.1) is 0 Å². The van der Waals surface area contributed by atoms with Crippen LogP contribution in [0.4, 0.5) is 0 Å². The van der Waals surface area contributed by atoms with Crippen molar-refractivity contribution in [3.63, 3.8) is 0 Å². The van der Waals surface area contributed by atoms with E-state index in [2.05, 4.69) is 0 Å². The molecule has 5 heteroatoms. The molecule has 0 saturated heterocycles. The monoisotopic (exact) mass is 260 g/mol. The summed E-state index contributed by atoms with van der Waals surface area (Å²) in [5.74, 6) is -0.0822. The molecule has 0 spiro atoms. The van der Waals surface area contributed by atoms with Crippen molar-refractivity contribution >= 4 is 29.3 Å². The van der Waals surface area contributed by atoms with Crippen LogP contribution in [0.3, 0.4) is 0 Å². The van der Waals surface area contributed by atoms with Crippen LogP contribution < -0.4 is 0 Å². The van der Waals surface area contributed by atoms with E-state index in [9.17, 15) is 4.79 Å². The fourth-order valence-corrected chi connectivity index (χ4v) is 2.40. The summed E-state index contributed by atoms with van der Waals surface area (Å²) in [6.07, 6.45) is 0. The second kappa shape index (κ2) is 6.78. The Morgan fingerprint density at radius 1 is 1.56 bits per heavy atom. The van der Waals surface area contributed by atoms with E-state index >= 15 is 0 Å². The van der Waals surface area contributed by atoms with Gasteiger partial charge in [0.15, 0.2) is 0 Å². The lowest BCUT2D eigenvalue weighted by molar-refractivity contribution is -0.139. The van der Waals surface area contributed by atoms with Crippen molar-refractivity contribution in [1.29, 1.82) is 0 Å². The van der Waals surface area contributed by atoms with Gasteiger partial charge in [0.05, 0.1) is 24.0 Å². The number of aliphatic hydroxyl groups excluding tert-OH is 1. The molecular weight excluding hydrogens is 248 g/mol. The van der Waals surface area contributed by atoms with Crippen LogP contribution in [0.15, 0.2) is 23.1 Å². The summed E-state index contributed by atoms with van der Waals surface area (Å²) in [5.41, 5.74) is 0.724. The van der Waals surface area contributed by atoms with E-state index < -0.39 is 0 Å². The fourth-order valence-electron chi connectivity index (χ4n) is 1.17. The number of hydrogen-bond donors (Lipinski definition) is 1. The summed E-state index contributed by atoms with van der Waals surface area (Å²) in [6.45, 7) is 2.04. The molecule has 88 valence electrons. The van der Waals surface area contributed by atoms with Crippen molar-refractivity contribution in [2.24, 2.45) is 0 Å². The topological polar surface area (TPSA) is 46.5 Å². The van der Waals surface area contributed by atoms with Crippen LogP contribution in [0.2, 0.25) is 5.02 Å². The minimum Gasteiger partial charge on any atom is -0.465 e. The zero-order valence-electron chi connectivity index (χ0n) is 8.90. The first-order valence-corrected chi connectivity index (χ1v) is 6.22. The molecule has 0 heterocycles. The largest absolute Gasteiger partial charge is 0.465 e. The summed E-state index contributed by atoms with van der Waals surface area (Å²) in [4.78, 5) is 11.9. The minimum absolute atomic E-state index is 0.0915. The zero-order chi connectivity index (χ0) is 12.0. The molecule has 0 atom stereocenters. The van der Waals surface area contributed by atoms with Gasteiger partial charge in [-0.05, 0) is 18.6 Å². The number of hydrogen-bond acceptors (Lipinski definition) is 4. The van der Waals surface area contributed by atoms with Crippen molar-refractivity contribution in [3.05, 3.63) is 28.8 Å². The molecule has 1 aromatic rings. The lowest BCUT2D eigenvalue weighted by Gasteiger charge is -2.08. The number of esters is 1. The fraction of sp³-hybridized carbons (Fsp3) is 0.364. The Labute approximate surface area is 104 Å². The van der Waals surface area contributed by atoms with Crippen LogP contribution in [-0.2, 0) is 16.1 Å². The second-order valence-corrected chi connectivity index (χ2v) is 4.37. The van der Waals surface area contributed by atoms with Crippen molar-refractivity contribution < 1.29 is 14.6 Å². The van der Waals surface area contributed by atoms with Crippen molar-refractivity contribution in [3.8, 4) is 0 Å². The quantitative estimate of drug-likeness (QED) is 0.653. The van der Waals surface area contributed by atoms with E-state index in [1.807, 2.05) is 0 Å². The van der Waals surface area contributed by atoms with E-state index in [0.717, 1.165) is 10.5 Å². The van der Waals surface area contributed by atoms with Gasteiger partial charge < -0.3 is 9.84 Å². The maximum absolute atomic E-state index is 11.2. The first-order valence-electron chi connectivity index (χ1n) is 4.85. The molecule has 1 aromatic carbocycles. The number of benzene rings is 1. The highest BCUT2D eigenvalue weighted by Gasteiger charge is 2.10. The number of rotatable bonds is 5. The minimum atomic E-state index is -0.281. The van der Waals surface area contributed by atoms with Crippen LogP contribution in [0.1, 0.15) is 12.5 Å². The molecule has 0 unspecified atom stereocenters. The van der Waals surface area contributed by atoms with Crippen molar-refractivity contribution in [2.45, 2.75) is 18.4 Å². The maximum atomic E-state index is 11.2. The lowest BCUT2D eigenvalue weighted by atomic mass is 10.2. The number of halogens is 1. The molecule has 0 bridgehead atoms. The molecule has 0 aliphatic carbocycles. The van der Waals surface area contributed by atoms with Gasteiger partial charge in [-0.3, -0.25) is 4.79 Å². The summed E-state index contributed by atoms with van der Waals surface area (Å²) >= 11 is 7.26. The number of carbonyl (C=O) groups is 1. The van der Waals surface area contributed by atoms with Gasteiger partial charge in [-0.15, -0.1) is 11.8 Å². The van der Waals surface area contributed by atoms with Gasteiger partial charge in [-0.2, -0.15) is 0 Å². The highest BCUT2D eigenvalue weighted by molar-refractivity contribution is 8.00. The Bertz CT molecular complexity index is 368. The molecule has 0 aromatic heterocycles. The van der Waals surface area contributed by atoms with Gasteiger partial charge in [-0.1, -0.05) is 23.7 Å². The standard InChI is InChI=1S/C11H13ClO3S/c1-2-15-10(14)7-16-11-8(6-13)4-3-5-9(11)12/h3-5,13H,2,6-7H2,1H3. The van der Waals surface area contributed by atoms with Gasteiger partial charge in [-0.25, -0.2) is 0 Å². The maximum Gasteiger partial charge on any atom is 0.316 e. The summed E-state index contributed by atoms with van der Waals surface area (Å²) in [5, 5.41) is 9.67. The first-order chi connectivity index (χ1) is 7.69. The SMILES string of the molecule is CCOC(=O)CSc1c(Cl)cccc1CO. The Morgan fingerprint density at radius 3 is 2.94 bits per heavy atom. The average Bonchev–Trinajstić information content (AvgIpc) is 2.27. The van der Waals surface area contributed by atoms with E-state index in [1.54, 1.807) is 25.1 Å². The third kappa shape index (κ3) is 3.70. The molecule has 0 fully saturated rings. The lowest BCUT2D eigenvalue weighted by Crippen LogP contribution is -2.06. The second-order valence-electron chi connectivity index (χ2n) is 2.98. The summed E-state index contributed by atoms with van der Waals surface area (Å²) in [7, 11) is 0. The molecule has 0 radical (unpaired) electrons. The first kappa shape index (κ1) is 13.4. The molecule has 0 amide bonds. The van der Waals surface area contributed by atoms with E-state index in [-0.39, 0.29) is 18.3 Å². The van der Waals surface area contributed by atoms with Crippen LogP contribution in [-0.4, -0.2) is 23.4 Å². The smallest absolute Gasteiger partial charge is 0.316 e. The van der Waals surface area contributed by atoms with Crippen LogP contribution >= 0.6 is 23.4 Å². The summed E-state index contributed by atoms with van der Waals surface area (Å²) < 4.78 is 4.81. The molecule has 0 saturated carbocycles. The Morgan fingerprint density at radius 2 is 2.31 bits per heavy atom. The highest BCUT2D eigenvalue weighted by atomic mass is 35.5. The highest BCUT2D eigenvalue weighted by Crippen LogP contribution is 2.30.